The number of fused-ring (bicyclic) bond motifs is 1. The van der Waals surface area contributed by atoms with Crippen LogP contribution in [0.2, 0.25) is 0 Å². The molecule has 1 fully saturated rings. The maximum Gasteiger partial charge on any atom is 0.226 e. The highest BCUT2D eigenvalue weighted by Gasteiger charge is 2.32. The molecule has 1 aromatic heterocycles. The van der Waals surface area contributed by atoms with Crippen molar-refractivity contribution in [1.82, 2.24) is 19.6 Å². The van der Waals surface area contributed by atoms with Crippen LogP contribution in [0.25, 0.3) is 5.69 Å². The second-order valence-corrected chi connectivity index (χ2v) is 9.73. The van der Waals surface area contributed by atoms with Gasteiger partial charge < -0.3 is 9.64 Å². The third-order valence-electron chi connectivity index (χ3n) is 7.28. The van der Waals surface area contributed by atoms with Crippen LogP contribution in [0.4, 0.5) is 8.78 Å². The van der Waals surface area contributed by atoms with Crippen LogP contribution < -0.4 is 0 Å². The Bertz CT molecular complexity index is 1190. The van der Waals surface area contributed by atoms with E-state index in [4.69, 9.17) is 9.84 Å². The summed E-state index contributed by atoms with van der Waals surface area (Å²) in [7, 11) is 1.64. The van der Waals surface area contributed by atoms with Crippen molar-refractivity contribution in [3.8, 4) is 5.69 Å². The first-order chi connectivity index (χ1) is 17.5. The minimum atomic E-state index is -0.290. The van der Waals surface area contributed by atoms with Gasteiger partial charge in [-0.3, -0.25) is 9.69 Å². The lowest BCUT2D eigenvalue weighted by molar-refractivity contribution is -0.139. The maximum atomic E-state index is 13.6. The molecule has 1 aliphatic heterocycles. The zero-order chi connectivity index (χ0) is 25.1. The van der Waals surface area contributed by atoms with Crippen LogP contribution in [0.1, 0.15) is 41.8 Å². The molecule has 1 aliphatic carbocycles. The molecule has 5 rings (SSSR count). The summed E-state index contributed by atoms with van der Waals surface area (Å²) < 4.78 is 34.2. The van der Waals surface area contributed by atoms with Gasteiger partial charge in [0.25, 0.3) is 0 Å². The molecular weight excluding hydrogens is 462 g/mol. The smallest absolute Gasteiger partial charge is 0.226 e. The summed E-state index contributed by atoms with van der Waals surface area (Å²) in [6, 6.07) is 13.0. The van der Waals surface area contributed by atoms with Crippen LogP contribution in [0, 0.1) is 17.6 Å². The van der Waals surface area contributed by atoms with Crippen molar-refractivity contribution in [1.29, 1.82) is 0 Å². The molecule has 0 bridgehead atoms. The van der Waals surface area contributed by atoms with E-state index in [1.807, 2.05) is 21.7 Å². The highest BCUT2D eigenvalue weighted by atomic mass is 19.1. The van der Waals surface area contributed by atoms with E-state index in [1.54, 1.807) is 19.2 Å². The molecule has 1 saturated carbocycles. The Balaban J connectivity index is 1.45. The fourth-order valence-electron chi connectivity index (χ4n) is 5.01. The average molecular weight is 495 g/mol. The molecule has 0 radical (unpaired) electrons. The number of rotatable bonds is 9. The Labute approximate surface area is 210 Å². The van der Waals surface area contributed by atoms with Gasteiger partial charge in [-0.25, -0.2) is 13.5 Å². The van der Waals surface area contributed by atoms with Crippen molar-refractivity contribution >= 4 is 5.91 Å². The van der Waals surface area contributed by atoms with Crippen molar-refractivity contribution in [3.05, 3.63) is 82.7 Å². The van der Waals surface area contributed by atoms with E-state index in [2.05, 4.69) is 4.90 Å². The minimum absolute atomic E-state index is 0.0897. The van der Waals surface area contributed by atoms with Crippen LogP contribution in [0.3, 0.4) is 0 Å². The van der Waals surface area contributed by atoms with Crippen molar-refractivity contribution in [2.45, 2.75) is 45.3 Å². The van der Waals surface area contributed by atoms with E-state index in [0.717, 1.165) is 60.4 Å². The van der Waals surface area contributed by atoms with E-state index in [-0.39, 0.29) is 23.5 Å². The maximum absolute atomic E-state index is 13.6. The summed E-state index contributed by atoms with van der Waals surface area (Å²) in [5.74, 6) is -0.272. The number of halogens is 2. The number of amides is 1. The summed E-state index contributed by atoms with van der Waals surface area (Å²) in [6.45, 7) is 3.61. The van der Waals surface area contributed by atoms with E-state index >= 15 is 0 Å². The molecule has 2 heterocycles. The molecule has 1 amide bonds. The number of hydrogen-bond acceptors (Lipinski definition) is 4. The zero-order valence-corrected chi connectivity index (χ0v) is 20.6. The van der Waals surface area contributed by atoms with Gasteiger partial charge in [0.2, 0.25) is 5.91 Å². The molecule has 0 unspecified atom stereocenters. The monoisotopic (exact) mass is 494 g/mol. The molecule has 0 saturated heterocycles. The predicted molar refractivity (Wildman–Crippen MR) is 132 cm³/mol. The normalized spacial score (nSPS) is 16.0. The Hall–Kier alpha value is -3.10. The molecule has 0 N–H and O–H groups in total. The lowest BCUT2D eigenvalue weighted by atomic mass is 9.84. The van der Waals surface area contributed by atoms with Crippen LogP contribution in [0.5, 0.6) is 0 Å². The Morgan fingerprint density at radius 3 is 2.42 bits per heavy atom. The fourth-order valence-corrected chi connectivity index (χ4v) is 5.01. The lowest BCUT2D eigenvalue weighted by Crippen LogP contribution is -2.40. The Morgan fingerprint density at radius 2 is 1.78 bits per heavy atom. The van der Waals surface area contributed by atoms with E-state index in [0.29, 0.717) is 32.8 Å². The number of benzene rings is 2. The molecule has 0 spiro atoms. The van der Waals surface area contributed by atoms with E-state index in [1.165, 1.54) is 24.3 Å². The number of nitrogens with zero attached hydrogens (tertiary/aromatic N) is 4. The molecule has 6 nitrogen and oxygen atoms in total. The largest absolute Gasteiger partial charge is 0.383 e. The summed E-state index contributed by atoms with van der Waals surface area (Å²) >= 11 is 0. The standard InChI is InChI=1S/C28H32F2N4O2/c1-36-16-15-33(28(35)21-3-2-4-21)19-26-25-18-32(17-20-5-7-22(29)8-6-20)14-13-27(25)34(31-26)24-11-9-23(30)10-12-24/h5-12,21H,2-4,13-19H2,1H3. The van der Waals surface area contributed by atoms with Gasteiger partial charge >= 0.3 is 0 Å². The van der Waals surface area contributed by atoms with Gasteiger partial charge in [0.05, 0.1) is 30.2 Å². The van der Waals surface area contributed by atoms with Crippen LogP contribution in [-0.2, 0) is 35.6 Å². The van der Waals surface area contributed by atoms with Crippen molar-refractivity contribution in [2.24, 2.45) is 5.92 Å². The molecule has 0 atom stereocenters. The summed E-state index contributed by atoms with van der Waals surface area (Å²) in [5.41, 5.74) is 4.92. The number of carbonyl (C=O) groups is 1. The average Bonchev–Trinajstić information content (AvgIpc) is 3.20. The topological polar surface area (TPSA) is 50.6 Å². The highest BCUT2D eigenvalue weighted by Crippen LogP contribution is 2.31. The first kappa shape index (κ1) is 24.6. The third kappa shape index (κ3) is 5.34. The molecule has 190 valence electrons. The summed E-state index contributed by atoms with van der Waals surface area (Å²) in [4.78, 5) is 17.4. The van der Waals surface area contributed by atoms with Crippen LogP contribution in [-0.4, -0.2) is 52.3 Å². The number of carbonyl (C=O) groups excluding carboxylic acids is 1. The van der Waals surface area contributed by atoms with Crippen molar-refractivity contribution in [3.63, 3.8) is 0 Å². The Kier molecular flexibility index (Phi) is 7.43. The molecule has 2 aliphatic rings. The SMILES string of the molecule is COCCN(Cc1nn(-c2ccc(F)cc2)c2c1CN(Cc1ccc(F)cc1)CC2)C(=O)C1CCC1. The van der Waals surface area contributed by atoms with E-state index in [9.17, 15) is 13.6 Å². The summed E-state index contributed by atoms with van der Waals surface area (Å²) in [5, 5.41) is 4.96. The van der Waals surface area contributed by atoms with Gasteiger partial charge in [-0.2, -0.15) is 5.10 Å². The number of methoxy groups -OCH3 is 1. The second-order valence-electron chi connectivity index (χ2n) is 9.73. The van der Waals surface area contributed by atoms with Gasteiger partial charge in [0, 0.05) is 51.2 Å². The van der Waals surface area contributed by atoms with Gasteiger partial charge in [0.15, 0.2) is 0 Å². The summed E-state index contributed by atoms with van der Waals surface area (Å²) in [6.07, 6.45) is 3.75. The fraction of sp³-hybridized carbons (Fsp3) is 0.429. The zero-order valence-electron chi connectivity index (χ0n) is 20.6. The van der Waals surface area contributed by atoms with Crippen molar-refractivity contribution < 1.29 is 18.3 Å². The van der Waals surface area contributed by atoms with Gasteiger partial charge in [-0.15, -0.1) is 0 Å². The van der Waals surface area contributed by atoms with Crippen LogP contribution >= 0.6 is 0 Å². The quantitative estimate of drug-likeness (QED) is 0.440. The first-order valence-electron chi connectivity index (χ1n) is 12.6. The van der Waals surface area contributed by atoms with Gasteiger partial charge in [0.1, 0.15) is 11.6 Å². The minimum Gasteiger partial charge on any atom is -0.383 e. The van der Waals surface area contributed by atoms with E-state index < -0.39 is 0 Å². The first-order valence-corrected chi connectivity index (χ1v) is 12.6. The molecule has 36 heavy (non-hydrogen) atoms. The second kappa shape index (κ2) is 10.9. The van der Waals surface area contributed by atoms with Gasteiger partial charge in [-0.1, -0.05) is 18.6 Å². The molecule has 2 aromatic carbocycles. The number of ether oxygens (including phenoxy) is 1. The van der Waals surface area contributed by atoms with Crippen LogP contribution in [0.15, 0.2) is 48.5 Å². The number of aromatic nitrogens is 2. The molecule has 8 heteroatoms. The molecule has 3 aromatic rings. The third-order valence-corrected chi connectivity index (χ3v) is 7.28. The van der Waals surface area contributed by atoms with Gasteiger partial charge in [-0.05, 0) is 54.8 Å². The predicted octanol–water partition coefficient (Wildman–Crippen LogP) is 4.48. The Morgan fingerprint density at radius 1 is 1.08 bits per heavy atom. The lowest BCUT2D eigenvalue weighted by Gasteiger charge is -2.32. The number of hydrogen-bond donors (Lipinski definition) is 0. The highest BCUT2D eigenvalue weighted by molar-refractivity contribution is 5.79. The molecular formula is C28H32F2N4O2. The van der Waals surface area contributed by atoms with Crippen molar-refractivity contribution in [2.75, 3.05) is 26.8 Å².